The lowest BCUT2D eigenvalue weighted by molar-refractivity contribution is 0.302. The van der Waals surface area contributed by atoms with Crippen LogP contribution in [0.5, 0.6) is 5.75 Å². The number of halogens is 4. The number of ether oxygens (including phenoxy) is 1. The first-order valence-electron chi connectivity index (χ1n) is 9.38. The molecule has 0 N–H and O–H groups in total. The van der Waals surface area contributed by atoms with E-state index in [1.807, 2.05) is 48.5 Å². The highest BCUT2D eigenvalue weighted by atomic mass is 79.9. The van der Waals surface area contributed by atoms with E-state index in [4.69, 9.17) is 27.9 Å². The van der Waals surface area contributed by atoms with Crippen molar-refractivity contribution in [3.63, 3.8) is 0 Å². The number of hydrogen-bond acceptors (Lipinski definition) is 4. The molecule has 160 valence electrons. The van der Waals surface area contributed by atoms with Gasteiger partial charge in [0.25, 0.3) is 5.56 Å². The van der Waals surface area contributed by atoms with Crippen LogP contribution in [0.25, 0.3) is 22.1 Å². The van der Waals surface area contributed by atoms with Crippen molar-refractivity contribution in [2.24, 2.45) is 0 Å². The lowest BCUT2D eigenvalue weighted by Gasteiger charge is -2.12. The second-order valence-electron chi connectivity index (χ2n) is 6.97. The Labute approximate surface area is 213 Å². The second-order valence-corrected chi connectivity index (χ2v) is 10.5. The van der Waals surface area contributed by atoms with Gasteiger partial charge in [-0.15, -0.1) is 0 Å². The summed E-state index contributed by atoms with van der Waals surface area (Å²) < 4.78 is 9.75. The first-order valence-corrected chi connectivity index (χ1v) is 12.5. The third kappa shape index (κ3) is 4.08. The van der Waals surface area contributed by atoms with Crippen LogP contribution in [0.4, 0.5) is 0 Å². The highest BCUT2D eigenvalue weighted by Gasteiger charge is 2.13. The van der Waals surface area contributed by atoms with Crippen LogP contribution in [0.2, 0.25) is 10.0 Å². The molecule has 0 saturated carbocycles. The van der Waals surface area contributed by atoms with Crippen molar-refractivity contribution in [2.75, 3.05) is 0 Å². The van der Waals surface area contributed by atoms with Crippen LogP contribution in [0.15, 0.2) is 68.3 Å². The number of rotatable bonds is 4. The van der Waals surface area contributed by atoms with Crippen molar-refractivity contribution < 1.29 is 4.74 Å². The van der Waals surface area contributed by atoms with Crippen molar-refractivity contribution >= 4 is 88.5 Å². The van der Waals surface area contributed by atoms with Crippen LogP contribution >= 0.6 is 66.4 Å². The molecule has 2 heterocycles. The summed E-state index contributed by atoms with van der Waals surface area (Å²) in [6.07, 6.45) is 1.85. The quantitative estimate of drug-likeness (QED) is 0.223. The number of thiazole rings is 1. The summed E-state index contributed by atoms with van der Waals surface area (Å²) in [5.41, 5.74) is 3.23. The zero-order chi connectivity index (χ0) is 22.4. The molecule has 0 bridgehead atoms. The maximum absolute atomic E-state index is 13.0. The molecule has 0 atom stereocenters. The first-order chi connectivity index (χ1) is 15.4. The molecule has 0 aliphatic rings. The van der Waals surface area contributed by atoms with Crippen LogP contribution < -0.4 is 14.8 Å². The van der Waals surface area contributed by atoms with E-state index >= 15 is 0 Å². The summed E-state index contributed by atoms with van der Waals surface area (Å²) in [5.74, 6) is 0.641. The predicted octanol–water partition coefficient (Wildman–Crippen LogP) is 6.87. The smallest absolute Gasteiger partial charge is 0.274 e. The number of fused-ring (bicyclic) bond motifs is 3. The molecule has 9 heteroatoms. The van der Waals surface area contributed by atoms with Gasteiger partial charge in [0.1, 0.15) is 12.4 Å². The van der Waals surface area contributed by atoms with Crippen LogP contribution in [0, 0.1) is 0 Å². The van der Waals surface area contributed by atoms with Crippen molar-refractivity contribution in [2.45, 2.75) is 6.61 Å². The van der Waals surface area contributed by atoms with Gasteiger partial charge in [-0.05, 0) is 79.9 Å². The zero-order valence-corrected chi connectivity index (χ0v) is 21.6. The van der Waals surface area contributed by atoms with Gasteiger partial charge in [0.15, 0.2) is 4.96 Å². The fourth-order valence-electron chi connectivity index (χ4n) is 3.35. The third-order valence-electron chi connectivity index (χ3n) is 4.85. The number of para-hydroxylation sites is 2. The average Bonchev–Trinajstić information content (AvgIpc) is 3.25. The summed E-state index contributed by atoms with van der Waals surface area (Å²) in [7, 11) is 0. The van der Waals surface area contributed by atoms with Gasteiger partial charge in [0.2, 0.25) is 0 Å². The Balaban J connectivity index is 1.48. The average molecular weight is 611 g/mol. The maximum Gasteiger partial charge on any atom is 0.274 e. The minimum Gasteiger partial charge on any atom is -0.486 e. The van der Waals surface area contributed by atoms with Crippen LogP contribution in [0.1, 0.15) is 11.1 Å². The Hall–Kier alpha value is -1.90. The first kappa shape index (κ1) is 21.9. The molecule has 0 unspecified atom stereocenters. The topological polar surface area (TPSA) is 43.6 Å². The molecule has 0 fully saturated rings. The van der Waals surface area contributed by atoms with E-state index in [1.54, 1.807) is 16.5 Å². The van der Waals surface area contributed by atoms with E-state index in [0.29, 0.717) is 25.3 Å². The van der Waals surface area contributed by atoms with Crippen molar-refractivity contribution in [3.8, 4) is 5.75 Å². The Morgan fingerprint density at radius 2 is 1.81 bits per heavy atom. The van der Waals surface area contributed by atoms with Gasteiger partial charge in [-0.2, -0.15) is 0 Å². The molecule has 5 aromatic rings. The van der Waals surface area contributed by atoms with Crippen LogP contribution in [-0.4, -0.2) is 9.38 Å². The van der Waals surface area contributed by atoms with Crippen molar-refractivity contribution in [3.05, 3.63) is 99.6 Å². The molecule has 4 nitrogen and oxygen atoms in total. The number of imidazole rings is 1. The lowest BCUT2D eigenvalue weighted by atomic mass is 10.2. The van der Waals surface area contributed by atoms with Crippen LogP contribution in [-0.2, 0) is 6.61 Å². The largest absolute Gasteiger partial charge is 0.486 e. The standard InChI is InChI=1S/C23H12Br2Cl2N2O2S/c24-15-7-12(8-16(25)21(15)31-11-13-5-6-14(26)10-17(13)27)9-20-22(30)29-19-4-2-1-3-18(19)28-23(29)32-20/h1-10H,11H2/b20-9-. The molecule has 0 amide bonds. The summed E-state index contributed by atoms with van der Waals surface area (Å²) >= 11 is 20.7. The normalized spacial score (nSPS) is 12.2. The molecular weight excluding hydrogens is 599 g/mol. The Kier molecular flexibility index (Phi) is 6.03. The van der Waals surface area contributed by atoms with E-state index in [-0.39, 0.29) is 12.2 Å². The number of benzene rings is 3. The Morgan fingerprint density at radius 3 is 2.56 bits per heavy atom. The number of aromatic nitrogens is 2. The highest BCUT2D eigenvalue weighted by Crippen LogP contribution is 2.36. The monoisotopic (exact) mass is 608 g/mol. The second kappa shape index (κ2) is 8.80. The fraction of sp³-hybridized carbons (Fsp3) is 0.0435. The molecule has 3 aromatic carbocycles. The molecular formula is C23H12Br2Cl2N2O2S. The van der Waals surface area contributed by atoms with Crippen molar-refractivity contribution in [1.82, 2.24) is 9.38 Å². The number of nitrogens with zero attached hydrogens (tertiary/aromatic N) is 2. The van der Waals surface area contributed by atoms with E-state index in [1.165, 1.54) is 11.3 Å². The Morgan fingerprint density at radius 1 is 1.06 bits per heavy atom. The van der Waals surface area contributed by atoms with E-state index in [2.05, 4.69) is 36.8 Å². The van der Waals surface area contributed by atoms with E-state index in [0.717, 1.165) is 31.1 Å². The van der Waals surface area contributed by atoms with Gasteiger partial charge in [-0.1, -0.05) is 52.7 Å². The van der Waals surface area contributed by atoms with E-state index in [9.17, 15) is 4.79 Å². The molecule has 2 aromatic heterocycles. The molecule has 0 saturated heterocycles. The summed E-state index contributed by atoms with van der Waals surface area (Å²) in [6, 6.07) is 16.7. The van der Waals surface area contributed by atoms with E-state index < -0.39 is 0 Å². The number of hydrogen-bond donors (Lipinski definition) is 0. The van der Waals surface area contributed by atoms with Gasteiger partial charge in [-0.25, -0.2) is 9.38 Å². The SMILES string of the molecule is O=c1/c(=C/c2cc(Br)c(OCc3ccc(Cl)cc3Cl)c(Br)c2)sc2nc3ccccc3n12. The Bertz CT molecular complexity index is 1590. The molecule has 0 spiro atoms. The molecule has 5 rings (SSSR count). The fourth-order valence-corrected chi connectivity index (χ4v) is 6.25. The van der Waals surface area contributed by atoms with Gasteiger partial charge < -0.3 is 4.74 Å². The van der Waals surface area contributed by atoms with Crippen molar-refractivity contribution in [1.29, 1.82) is 0 Å². The minimum atomic E-state index is -0.0800. The third-order valence-corrected chi connectivity index (χ3v) is 7.58. The summed E-state index contributed by atoms with van der Waals surface area (Å²) in [5, 5.41) is 1.13. The zero-order valence-electron chi connectivity index (χ0n) is 16.1. The maximum atomic E-state index is 13.0. The highest BCUT2D eigenvalue weighted by molar-refractivity contribution is 9.11. The molecule has 0 radical (unpaired) electrons. The van der Waals surface area contributed by atoms with Crippen LogP contribution in [0.3, 0.4) is 0 Å². The summed E-state index contributed by atoms with van der Waals surface area (Å²) in [4.78, 5) is 18.2. The summed E-state index contributed by atoms with van der Waals surface area (Å²) in [6.45, 7) is 0.288. The molecule has 32 heavy (non-hydrogen) atoms. The predicted molar refractivity (Wildman–Crippen MR) is 138 cm³/mol. The van der Waals surface area contributed by atoms with Gasteiger partial charge >= 0.3 is 0 Å². The molecule has 0 aliphatic heterocycles. The molecule has 0 aliphatic carbocycles. The van der Waals surface area contributed by atoms with Gasteiger partial charge in [0, 0.05) is 15.6 Å². The lowest BCUT2D eigenvalue weighted by Crippen LogP contribution is -2.22. The minimum absolute atomic E-state index is 0.0800. The van der Waals surface area contributed by atoms with Gasteiger partial charge in [-0.3, -0.25) is 4.79 Å². The van der Waals surface area contributed by atoms with Gasteiger partial charge in [0.05, 0.1) is 24.5 Å².